The minimum atomic E-state index is -0.406. The molecule has 0 saturated carbocycles. The van der Waals surface area contributed by atoms with Gasteiger partial charge in [0.25, 0.3) is 5.91 Å². The third-order valence-corrected chi connectivity index (χ3v) is 5.38. The van der Waals surface area contributed by atoms with Gasteiger partial charge in [-0.15, -0.1) is 22.7 Å². The molecular weight excluding hydrogens is 346 g/mol. The van der Waals surface area contributed by atoms with E-state index in [1.165, 1.54) is 22.7 Å². The van der Waals surface area contributed by atoms with Gasteiger partial charge in [-0.25, -0.2) is 9.78 Å². The van der Waals surface area contributed by atoms with Gasteiger partial charge in [-0.1, -0.05) is 6.92 Å². The van der Waals surface area contributed by atoms with Crippen molar-refractivity contribution in [3.8, 4) is 0 Å². The Balaban J connectivity index is 2.27. The van der Waals surface area contributed by atoms with E-state index in [-0.39, 0.29) is 5.91 Å². The first-order valence-corrected chi connectivity index (χ1v) is 9.46. The first kappa shape index (κ1) is 18.6. The van der Waals surface area contributed by atoms with Crippen LogP contribution in [-0.2, 0) is 17.6 Å². The summed E-state index contributed by atoms with van der Waals surface area (Å²) in [6.07, 6.45) is 1.34. The van der Waals surface area contributed by atoms with Crippen LogP contribution in [0.15, 0.2) is 5.38 Å². The summed E-state index contributed by atoms with van der Waals surface area (Å²) >= 11 is 2.79. The molecule has 2 aromatic rings. The zero-order valence-corrected chi connectivity index (χ0v) is 15.6. The number of amides is 1. The average Bonchev–Trinajstić information content (AvgIpc) is 3.12. The van der Waals surface area contributed by atoms with Crippen molar-refractivity contribution in [3.63, 3.8) is 0 Å². The Hall–Kier alpha value is -1.77. The zero-order valence-electron chi connectivity index (χ0n) is 14.0. The SMILES string of the molecule is CCOC(=O)c1c(NC(=O)c2csc(CCN)n2)sc(C)c1CC. The van der Waals surface area contributed by atoms with E-state index in [1.807, 2.05) is 13.8 Å². The molecule has 0 bridgehead atoms. The number of carbonyl (C=O) groups is 2. The van der Waals surface area contributed by atoms with Crippen molar-refractivity contribution < 1.29 is 14.3 Å². The van der Waals surface area contributed by atoms with Crippen molar-refractivity contribution >= 4 is 39.6 Å². The minimum absolute atomic E-state index is 0.290. The molecule has 6 nitrogen and oxygen atoms in total. The maximum atomic E-state index is 12.4. The molecule has 0 spiro atoms. The summed E-state index contributed by atoms with van der Waals surface area (Å²) in [5.74, 6) is -0.736. The molecule has 8 heteroatoms. The number of esters is 1. The van der Waals surface area contributed by atoms with Gasteiger partial charge in [0, 0.05) is 16.7 Å². The van der Waals surface area contributed by atoms with Gasteiger partial charge in [0.05, 0.1) is 17.2 Å². The highest BCUT2D eigenvalue weighted by atomic mass is 32.1. The van der Waals surface area contributed by atoms with Gasteiger partial charge in [0.1, 0.15) is 10.7 Å². The highest BCUT2D eigenvalue weighted by Crippen LogP contribution is 2.34. The van der Waals surface area contributed by atoms with Crippen molar-refractivity contribution in [2.24, 2.45) is 5.73 Å². The number of nitrogens with one attached hydrogen (secondary N) is 1. The topological polar surface area (TPSA) is 94.3 Å². The lowest BCUT2D eigenvalue weighted by Gasteiger charge is -2.07. The molecule has 2 heterocycles. The van der Waals surface area contributed by atoms with Crippen LogP contribution < -0.4 is 11.1 Å². The van der Waals surface area contributed by atoms with Crippen LogP contribution in [0, 0.1) is 6.92 Å². The Labute approximate surface area is 149 Å². The molecule has 0 saturated heterocycles. The molecular formula is C16H21N3O3S2. The van der Waals surface area contributed by atoms with E-state index >= 15 is 0 Å². The van der Waals surface area contributed by atoms with Gasteiger partial charge in [-0.2, -0.15) is 0 Å². The molecule has 0 aliphatic heterocycles. The number of hydrogen-bond acceptors (Lipinski definition) is 7. The number of ether oxygens (including phenoxy) is 1. The highest BCUT2D eigenvalue weighted by molar-refractivity contribution is 7.17. The molecule has 0 fully saturated rings. The fourth-order valence-corrected chi connectivity index (χ4v) is 4.25. The number of thiophene rings is 1. The lowest BCUT2D eigenvalue weighted by molar-refractivity contribution is 0.0527. The van der Waals surface area contributed by atoms with Gasteiger partial charge in [-0.3, -0.25) is 4.79 Å². The maximum Gasteiger partial charge on any atom is 0.341 e. The average molecular weight is 367 g/mol. The van der Waals surface area contributed by atoms with Gasteiger partial charge in [0.2, 0.25) is 0 Å². The third kappa shape index (κ3) is 4.00. The second kappa shape index (κ2) is 8.36. The Morgan fingerprint density at radius 2 is 2.12 bits per heavy atom. The van der Waals surface area contributed by atoms with E-state index in [2.05, 4.69) is 10.3 Å². The molecule has 0 aliphatic carbocycles. The van der Waals surface area contributed by atoms with Crippen LogP contribution in [0.3, 0.4) is 0 Å². The van der Waals surface area contributed by atoms with Gasteiger partial charge in [0.15, 0.2) is 0 Å². The van der Waals surface area contributed by atoms with Crippen LogP contribution in [-0.4, -0.2) is 30.0 Å². The lowest BCUT2D eigenvalue weighted by Crippen LogP contribution is -2.15. The van der Waals surface area contributed by atoms with Crippen LogP contribution >= 0.6 is 22.7 Å². The molecule has 2 aromatic heterocycles. The number of rotatable bonds is 7. The molecule has 3 N–H and O–H groups in total. The Morgan fingerprint density at radius 1 is 1.38 bits per heavy atom. The third-order valence-electron chi connectivity index (χ3n) is 3.41. The Kier molecular flexibility index (Phi) is 6.47. The highest BCUT2D eigenvalue weighted by Gasteiger charge is 2.24. The normalized spacial score (nSPS) is 10.7. The van der Waals surface area contributed by atoms with Gasteiger partial charge in [-0.05, 0) is 32.4 Å². The lowest BCUT2D eigenvalue weighted by atomic mass is 10.1. The Morgan fingerprint density at radius 3 is 2.75 bits per heavy atom. The fourth-order valence-electron chi connectivity index (χ4n) is 2.33. The first-order chi connectivity index (χ1) is 11.5. The largest absolute Gasteiger partial charge is 0.462 e. The van der Waals surface area contributed by atoms with Crippen LogP contribution in [0.2, 0.25) is 0 Å². The standard InChI is InChI=1S/C16H21N3O3S2/c1-4-10-9(3)24-15(13(10)16(21)22-5-2)19-14(20)11-8-23-12(18-11)6-7-17/h8H,4-7,17H2,1-3H3,(H,19,20). The molecule has 1 amide bonds. The number of thiazole rings is 1. The summed E-state index contributed by atoms with van der Waals surface area (Å²) in [6, 6.07) is 0. The second-order valence-corrected chi connectivity index (χ2v) is 7.20. The molecule has 0 aromatic carbocycles. The number of hydrogen-bond donors (Lipinski definition) is 2. The zero-order chi connectivity index (χ0) is 17.7. The number of nitrogens with two attached hydrogens (primary N) is 1. The van der Waals surface area contributed by atoms with E-state index in [9.17, 15) is 9.59 Å². The Bertz CT molecular complexity index is 737. The first-order valence-electron chi connectivity index (χ1n) is 7.76. The van der Waals surface area contributed by atoms with E-state index in [0.717, 1.165) is 15.4 Å². The van der Waals surface area contributed by atoms with Gasteiger partial charge >= 0.3 is 5.97 Å². The summed E-state index contributed by atoms with van der Waals surface area (Å²) in [5.41, 5.74) is 7.20. The van der Waals surface area contributed by atoms with Crippen LogP contribution in [0.25, 0.3) is 0 Å². The van der Waals surface area contributed by atoms with Gasteiger partial charge < -0.3 is 15.8 Å². The molecule has 130 valence electrons. The molecule has 24 heavy (non-hydrogen) atoms. The summed E-state index contributed by atoms with van der Waals surface area (Å²) in [6.45, 7) is 6.45. The summed E-state index contributed by atoms with van der Waals surface area (Å²) in [7, 11) is 0. The predicted molar refractivity (Wildman–Crippen MR) is 97.2 cm³/mol. The van der Waals surface area contributed by atoms with Crippen molar-refractivity contribution in [2.45, 2.75) is 33.6 Å². The van der Waals surface area contributed by atoms with Crippen molar-refractivity contribution in [2.75, 3.05) is 18.5 Å². The van der Waals surface area contributed by atoms with E-state index in [0.29, 0.717) is 42.3 Å². The van der Waals surface area contributed by atoms with E-state index < -0.39 is 5.97 Å². The fraction of sp³-hybridized carbons (Fsp3) is 0.438. The summed E-state index contributed by atoms with van der Waals surface area (Å²) in [5, 5.41) is 5.85. The number of nitrogens with zero attached hydrogens (tertiary/aromatic N) is 1. The second-order valence-electron chi connectivity index (χ2n) is 5.03. The number of carbonyl (C=O) groups excluding carboxylic acids is 2. The monoisotopic (exact) mass is 367 g/mol. The van der Waals surface area contributed by atoms with Crippen LogP contribution in [0.1, 0.15) is 50.1 Å². The van der Waals surface area contributed by atoms with Crippen molar-refractivity contribution in [1.29, 1.82) is 0 Å². The smallest absolute Gasteiger partial charge is 0.341 e. The maximum absolute atomic E-state index is 12.4. The molecule has 0 atom stereocenters. The van der Waals surface area contributed by atoms with E-state index in [4.69, 9.17) is 10.5 Å². The summed E-state index contributed by atoms with van der Waals surface area (Å²) in [4.78, 5) is 30.0. The van der Waals surface area contributed by atoms with Crippen molar-refractivity contribution in [3.05, 3.63) is 32.1 Å². The molecule has 2 rings (SSSR count). The number of anilines is 1. The number of aryl methyl sites for hydroxylation is 1. The van der Waals surface area contributed by atoms with Crippen LogP contribution in [0.4, 0.5) is 5.00 Å². The number of aromatic nitrogens is 1. The molecule has 0 unspecified atom stereocenters. The van der Waals surface area contributed by atoms with Crippen molar-refractivity contribution in [1.82, 2.24) is 4.98 Å². The predicted octanol–water partition coefficient (Wildman–Crippen LogP) is 3.01. The van der Waals surface area contributed by atoms with E-state index in [1.54, 1.807) is 12.3 Å². The summed E-state index contributed by atoms with van der Waals surface area (Å²) < 4.78 is 5.14. The molecule has 0 aliphatic rings. The minimum Gasteiger partial charge on any atom is -0.462 e. The molecule has 0 radical (unpaired) electrons. The quantitative estimate of drug-likeness (QED) is 0.734. The van der Waals surface area contributed by atoms with Crippen LogP contribution in [0.5, 0.6) is 0 Å².